The summed E-state index contributed by atoms with van der Waals surface area (Å²) in [4.78, 5) is 16.5. The number of rotatable bonds is 4. The Hall–Kier alpha value is -2.44. The van der Waals surface area contributed by atoms with E-state index < -0.39 is 11.4 Å². The highest BCUT2D eigenvalue weighted by atomic mass is 35.5. The van der Waals surface area contributed by atoms with Gasteiger partial charge in [0.05, 0.1) is 5.56 Å². The molecule has 1 N–H and O–H groups in total. The fourth-order valence-corrected chi connectivity index (χ4v) is 3.41. The first kappa shape index (κ1) is 19.3. The van der Waals surface area contributed by atoms with Crippen LogP contribution in [0, 0.1) is 12.7 Å². The average Bonchev–Trinajstić information content (AvgIpc) is 2.62. The number of hydrogen-bond acceptors (Lipinski definition) is 4. The molecule has 0 spiro atoms. The number of aryl methyl sites for hydroxylation is 3. The third-order valence-corrected chi connectivity index (χ3v) is 4.86. The van der Waals surface area contributed by atoms with Crippen molar-refractivity contribution < 1.29 is 9.50 Å². The maximum atomic E-state index is 14.8. The summed E-state index contributed by atoms with van der Waals surface area (Å²) in [7, 11) is 1.44. The first-order valence-corrected chi connectivity index (χ1v) is 8.89. The fourth-order valence-electron chi connectivity index (χ4n) is 2.96. The highest BCUT2D eigenvalue weighted by molar-refractivity contribution is 6.31. The molecule has 0 radical (unpaired) electrons. The smallest absolute Gasteiger partial charge is 0.278 e. The van der Waals surface area contributed by atoms with E-state index in [-0.39, 0.29) is 22.6 Å². The Morgan fingerprint density at radius 3 is 2.63 bits per heavy atom. The molecule has 0 bridgehead atoms. The summed E-state index contributed by atoms with van der Waals surface area (Å²) in [6.45, 7) is 1.54. The second kappa shape index (κ2) is 7.66. The molecule has 3 aromatic rings. The molecule has 0 amide bonds. The summed E-state index contributed by atoms with van der Waals surface area (Å²) in [5.74, 6) is -0.993. The minimum Gasteiger partial charge on any atom is -0.505 e. The lowest BCUT2D eigenvalue weighted by Gasteiger charge is -2.15. The highest BCUT2D eigenvalue weighted by Gasteiger charge is 2.23. The van der Waals surface area contributed by atoms with Gasteiger partial charge in [0.1, 0.15) is 16.7 Å². The summed E-state index contributed by atoms with van der Waals surface area (Å²) in [6, 6.07) is 6.12. The Morgan fingerprint density at radius 1 is 1.19 bits per heavy atom. The van der Waals surface area contributed by atoms with E-state index in [4.69, 9.17) is 23.2 Å². The van der Waals surface area contributed by atoms with Crippen molar-refractivity contribution in [2.75, 3.05) is 0 Å². The maximum absolute atomic E-state index is 14.8. The van der Waals surface area contributed by atoms with Gasteiger partial charge in [0, 0.05) is 23.8 Å². The molecule has 5 nitrogen and oxygen atoms in total. The third kappa shape index (κ3) is 3.82. The summed E-state index contributed by atoms with van der Waals surface area (Å²) in [5.41, 5.74) is 0.789. The molecule has 0 saturated heterocycles. The molecule has 8 heteroatoms. The second-order valence-corrected chi connectivity index (χ2v) is 6.90. The largest absolute Gasteiger partial charge is 0.505 e. The van der Waals surface area contributed by atoms with E-state index in [9.17, 15) is 14.3 Å². The zero-order valence-corrected chi connectivity index (χ0v) is 16.1. The SMILES string of the molecule is Cc1nn(C)c(=O)c(-c2c(F)ccc(Cl)c2CCc2ccnc(Cl)c2)c1O. The Bertz CT molecular complexity index is 1080. The van der Waals surface area contributed by atoms with Gasteiger partial charge in [0.15, 0.2) is 5.75 Å². The highest BCUT2D eigenvalue weighted by Crippen LogP contribution is 2.36. The molecule has 0 atom stereocenters. The minimum atomic E-state index is -0.639. The van der Waals surface area contributed by atoms with Crippen molar-refractivity contribution in [3.05, 3.63) is 73.6 Å². The normalized spacial score (nSPS) is 11.0. The van der Waals surface area contributed by atoms with E-state index in [1.165, 1.54) is 19.2 Å². The first-order valence-electron chi connectivity index (χ1n) is 8.14. The van der Waals surface area contributed by atoms with Crippen LogP contribution in [-0.4, -0.2) is 19.9 Å². The number of aromatic nitrogens is 3. The zero-order chi connectivity index (χ0) is 19.7. The lowest BCUT2D eigenvalue weighted by Crippen LogP contribution is -2.23. The van der Waals surface area contributed by atoms with Crippen LogP contribution >= 0.6 is 23.2 Å². The zero-order valence-electron chi connectivity index (χ0n) is 14.6. The molecule has 0 fully saturated rings. The van der Waals surface area contributed by atoms with Gasteiger partial charge in [0.25, 0.3) is 5.56 Å². The Labute approximate surface area is 165 Å². The summed E-state index contributed by atoms with van der Waals surface area (Å²) in [6.07, 6.45) is 2.43. The van der Waals surface area contributed by atoms with Gasteiger partial charge in [-0.15, -0.1) is 0 Å². The molecule has 0 aliphatic carbocycles. The molecule has 2 heterocycles. The van der Waals surface area contributed by atoms with E-state index in [1.54, 1.807) is 25.3 Å². The predicted octanol–water partition coefficient (Wildman–Crippen LogP) is 4.09. The van der Waals surface area contributed by atoms with Gasteiger partial charge in [0.2, 0.25) is 0 Å². The predicted molar refractivity (Wildman–Crippen MR) is 103 cm³/mol. The van der Waals surface area contributed by atoms with Gasteiger partial charge >= 0.3 is 0 Å². The van der Waals surface area contributed by atoms with Crippen LogP contribution in [-0.2, 0) is 19.9 Å². The van der Waals surface area contributed by atoms with Crippen LogP contribution < -0.4 is 5.56 Å². The summed E-state index contributed by atoms with van der Waals surface area (Å²) in [5, 5.41) is 15.0. The number of pyridine rings is 1. The Kier molecular flexibility index (Phi) is 5.48. The Morgan fingerprint density at radius 2 is 1.93 bits per heavy atom. The summed E-state index contributed by atoms with van der Waals surface area (Å²) < 4.78 is 15.8. The van der Waals surface area contributed by atoms with E-state index in [0.29, 0.717) is 28.6 Å². The van der Waals surface area contributed by atoms with E-state index in [0.717, 1.165) is 10.2 Å². The van der Waals surface area contributed by atoms with Crippen molar-refractivity contribution >= 4 is 23.2 Å². The van der Waals surface area contributed by atoms with Gasteiger partial charge in [-0.25, -0.2) is 14.1 Å². The molecule has 0 saturated carbocycles. The van der Waals surface area contributed by atoms with Gasteiger partial charge < -0.3 is 5.11 Å². The van der Waals surface area contributed by atoms with E-state index >= 15 is 0 Å². The quantitative estimate of drug-likeness (QED) is 0.661. The number of halogens is 3. The fraction of sp³-hybridized carbons (Fsp3) is 0.211. The standard InChI is InChI=1S/C19H16Cl2FN3O2/c1-10-18(26)17(19(27)25(2)24-10)16-12(13(20)5-6-14(16)22)4-3-11-7-8-23-15(21)9-11/h5-9,26H,3-4H2,1-2H3. The molecule has 27 heavy (non-hydrogen) atoms. The van der Waals surface area contributed by atoms with Gasteiger partial charge in [-0.1, -0.05) is 23.2 Å². The molecule has 1 aromatic carbocycles. The average molecular weight is 408 g/mol. The minimum absolute atomic E-state index is 0.00810. The number of hydrogen-bond donors (Lipinski definition) is 1. The molecule has 0 unspecified atom stereocenters. The van der Waals surface area contributed by atoms with Crippen molar-refractivity contribution in [2.45, 2.75) is 19.8 Å². The van der Waals surface area contributed by atoms with Crippen LogP contribution in [0.15, 0.2) is 35.3 Å². The Balaban J connectivity index is 2.15. The second-order valence-electron chi connectivity index (χ2n) is 6.11. The lowest BCUT2D eigenvalue weighted by molar-refractivity contribution is 0.460. The topological polar surface area (TPSA) is 68.0 Å². The van der Waals surface area contributed by atoms with Crippen molar-refractivity contribution in [3.63, 3.8) is 0 Å². The van der Waals surface area contributed by atoms with Crippen molar-refractivity contribution in [1.29, 1.82) is 0 Å². The number of nitrogens with zero attached hydrogens (tertiary/aromatic N) is 3. The van der Waals surface area contributed by atoms with Crippen LogP contribution in [0.25, 0.3) is 11.1 Å². The van der Waals surface area contributed by atoms with E-state index in [1.807, 2.05) is 0 Å². The van der Waals surface area contributed by atoms with Crippen molar-refractivity contribution in [2.24, 2.45) is 7.05 Å². The van der Waals surface area contributed by atoms with E-state index in [2.05, 4.69) is 10.1 Å². The third-order valence-electron chi connectivity index (χ3n) is 4.30. The first-order chi connectivity index (χ1) is 12.8. The van der Waals surface area contributed by atoms with Crippen LogP contribution in [0.1, 0.15) is 16.8 Å². The van der Waals surface area contributed by atoms with Crippen LogP contribution in [0.3, 0.4) is 0 Å². The van der Waals surface area contributed by atoms with Crippen LogP contribution in [0.5, 0.6) is 5.75 Å². The lowest BCUT2D eigenvalue weighted by atomic mass is 9.94. The molecule has 2 aromatic heterocycles. The van der Waals surface area contributed by atoms with Gasteiger partial charge in [-0.2, -0.15) is 5.10 Å². The molecule has 140 valence electrons. The van der Waals surface area contributed by atoms with Gasteiger partial charge in [-0.05, 0) is 55.2 Å². The van der Waals surface area contributed by atoms with Crippen molar-refractivity contribution in [1.82, 2.24) is 14.8 Å². The molecule has 0 aliphatic heterocycles. The molecular formula is C19H16Cl2FN3O2. The molecular weight excluding hydrogens is 392 g/mol. The maximum Gasteiger partial charge on any atom is 0.278 e. The number of benzene rings is 1. The van der Waals surface area contributed by atoms with Crippen LogP contribution in [0.4, 0.5) is 4.39 Å². The van der Waals surface area contributed by atoms with Gasteiger partial charge in [-0.3, -0.25) is 4.79 Å². The monoisotopic (exact) mass is 407 g/mol. The van der Waals surface area contributed by atoms with Crippen molar-refractivity contribution in [3.8, 4) is 16.9 Å². The molecule has 3 rings (SSSR count). The molecule has 0 aliphatic rings. The number of aromatic hydroxyl groups is 1. The summed E-state index contributed by atoms with van der Waals surface area (Å²) >= 11 is 12.2. The van der Waals surface area contributed by atoms with Crippen LogP contribution in [0.2, 0.25) is 10.2 Å².